The Balaban J connectivity index is 1.90. The number of benzene rings is 1. The van der Waals surface area contributed by atoms with Gasteiger partial charge in [-0.1, -0.05) is 28.3 Å². The summed E-state index contributed by atoms with van der Waals surface area (Å²) in [6.07, 6.45) is 6.49. The molecule has 2 aromatic heterocycles. The molecule has 1 aliphatic rings. The van der Waals surface area contributed by atoms with Gasteiger partial charge in [0.05, 0.1) is 33.7 Å². The average molecular weight is 446 g/mol. The van der Waals surface area contributed by atoms with Crippen LogP contribution in [0.4, 0.5) is 0 Å². The molecule has 0 amide bonds. The lowest BCUT2D eigenvalue weighted by Gasteiger charge is -2.22. The molecular weight excluding hydrogens is 429 g/mol. The van der Waals surface area contributed by atoms with E-state index in [4.69, 9.17) is 43.5 Å². The molecule has 0 aliphatic carbocycles. The summed E-state index contributed by atoms with van der Waals surface area (Å²) < 4.78 is 13.2. The highest BCUT2D eigenvalue weighted by atomic mass is 35.5. The van der Waals surface area contributed by atoms with Gasteiger partial charge in [0.15, 0.2) is 6.61 Å². The molecule has 3 heterocycles. The summed E-state index contributed by atoms with van der Waals surface area (Å²) in [5, 5.41) is 18.4. The molecule has 154 valence electrons. The highest BCUT2D eigenvalue weighted by Crippen LogP contribution is 2.44. The third kappa shape index (κ3) is 3.78. The number of nitrogens with one attached hydrogen (secondary N) is 1. The molecule has 0 saturated carbocycles. The molecule has 1 fully saturated rings. The number of aromatic nitrogens is 3. The molecule has 0 bridgehead atoms. The number of nitrogens with zero attached hydrogens (tertiary/aromatic N) is 6. The first-order chi connectivity index (χ1) is 14.6. The molecule has 11 heteroatoms. The Morgan fingerprint density at radius 1 is 1.47 bits per heavy atom. The molecule has 1 atom stereocenters. The lowest BCUT2D eigenvalue weighted by atomic mass is 10.0. The summed E-state index contributed by atoms with van der Waals surface area (Å²) in [7, 11) is 0. The Kier molecular flexibility index (Phi) is 6.02. The zero-order valence-electron chi connectivity index (χ0n) is 15.8. The van der Waals surface area contributed by atoms with Crippen LogP contribution in [0.3, 0.4) is 0 Å². The molecule has 3 aromatic rings. The van der Waals surface area contributed by atoms with Crippen molar-refractivity contribution in [2.45, 2.75) is 32.0 Å². The van der Waals surface area contributed by atoms with Crippen LogP contribution in [0.2, 0.25) is 10.0 Å². The molecule has 1 aliphatic heterocycles. The summed E-state index contributed by atoms with van der Waals surface area (Å²) in [5.41, 5.74) is 11.5. The summed E-state index contributed by atoms with van der Waals surface area (Å²) >= 11 is 12.7. The van der Waals surface area contributed by atoms with E-state index in [0.29, 0.717) is 34.0 Å². The van der Waals surface area contributed by atoms with Crippen LogP contribution in [-0.4, -0.2) is 28.0 Å². The standard InChI is InChI=1S/C19H17Cl2N7O2/c20-12-7-14(29-6-4-22)17-16(13(9-24-27-23)26-19(17)18(12)21)11-8-25-28(10-11)15-3-1-2-5-30-15/h7-8,10,15,26H,1-3,5-6,9H2. The van der Waals surface area contributed by atoms with Crippen LogP contribution < -0.4 is 4.74 Å². The highest BCUT2D eigenvalue weighted by molar-refractivity contribution is 6.45. The number of H-pyrrole nitrogens is 1. The summed E-state index contributed by atoms with van der Waals surface area (Å²) in [6, 6.07) is 3.53. The van der Waals surface area contributed by atoms with E-state index in [-0.39, 0.29) is 24.4 Å². The lowest BCUT2D eigenvalue weighted by Crippen LogP contribution is -2.18. The topological polar surface area (TPSA) is 125 Å². The van der Waals surface area contributed by atoms with Crippen molar-refractivity contribution in [2.24, 2.45) is 5.11 Å². The minimum atomic E-state index is -0.154. The van der Waals surface area contributed by atoms with Gasteiger partial charge < -0.3 is 14.5 Å². The first kappa shape index (κ1) is 20.4. The average Bonchev–Trinajstić information content (AvgIpc) is 3.39. The molecule has 0 radical (unpaired) electrons. The Bertz CT molecular complexity index is 1170. The second-order valence-corrected chi connectivity index (χ2v) is 7.55. The molecular formula is C19H17Cl2N7O2. The zero-order chi connectivity index (χ0) is 21.1. The van der Waals surface area contributed by atoms with E-state index in [1.54, 1.807) is 16.9 Å². The molecule has 0 spiro atoms. The van der Waals surface area contributed by atoms with Gasteiger partial charge >= 0.3 is 0 Å². The van der Waals surface area contributed by atoms with E-state index < -0.39 is 0 Å². The Labute approximate surface area is 181 Å². The molecule has 1 unspecified atom stereocenters. The van der Waals surface area contributed by atoms with Crippen molar-refractivity contribution in [3.05, 3.63) is 44.6 Å². The van der Waals surface area contributed by atoms with Crippen molar-refractivity contribution in [3.8, 4) is 22.9 Å². The van der Waals surface area contributed by atoms with Crippen LogP contribution in [0.1, 0.15) is 31.2 Å². The number of hydrogen-bond donors (Lipinski definition) is 1. The fourth-order valence-electron chi connectivity index (χ4n) is 3.65. The van der Waals surface area contributed by atoms with Gasteiger partial charge in [-0.2, -0.15) is 10.4 Å². The second-order valence-electron chi connectivity index (χ2n) is 6.77. The second kappa shape index (κ2) is 8.86. The molecule has 9 nitrogen and oxygen atoms in total. The van der Waals surface area contributed by atoms with Crippen molar-refractivity contribution in [3.63, 3.8) is 0 Å². The van der Waals surface area contributed by atoms with E-state index in [0.717, 1.165) is 30.4 Å². The van der Waals surface area contributed by atoms with E-state index in [1.807, 2.05) is 12.3 Å². The molecule has 1 N–H and O–H groups in total. The normalized spacial score (nSPS) is 16.2. The van der Waals surface area contributed by atoms with Crippen LogP contribution in [-0.2, 0) is 11.3 Å². The summed E-state index contributed by atoms with van der Waals surface area (Å²) in [4.78, 5) is 6.06. The van der Waals surface area contributed by atoms with E-state index in [9.17, 15) is 0 Å². The maximum Gasteiger partial charge on any atom is 0.174 e. The summed E-state index contributed by atoms with van der Waals surface area (Å²) in [6.45, 7) is 0.616. The first-order valence-corrected chi connectivity index (χ1v) is 10.1. The van der Waals surface area contributed by atoms with Gasteiger partial charge in [0.2, 0.25) is 0 Å². The fraction of sp³-hybridized carbons (Fsp3) is 0.368. The van der Waals surface area contributed by atoms with E-state index >= 15 is 0 Å². The van der Waals surface area contributed by atoms with E-state index in [1.165, 1.54) is 0 Å². The third-order valence-corrected chi connectivity index (χ3v) is 5.72. The molecule has 30 heavy (non-hydrogen) atoms. The van der Waals surface area contributed by atoms with Crippen molar-refractivity contribution >= 4 is 34.1 Å². The highest BCUT2D eigenvalue weighted by Gasteiger charge is 2.24. The first-order valence-electron chi connectivity index (χ1n) is 9.33. The van der Waals surface area contributed by atoms with Crippen molar-refractivity contribution in [2.75, 3.05) is 13.2 Å². The fourth-order valence-corrected chi connectivity index (χ4v) is 4.04. The molecule has 1 saturated heterocycles. The summed E-state index contributed by atoms with van der Waals surface area (Å²) in [5.74, 6) is 0.404. The monoisotopic (exact) mass is 445 g/mol. The minimum Gasteiger partial charge on any atom is -0.478 e. The zero-order valence-corrected chi connectivity index (χ0v) is 17.3. The molecule has 4 rings (SSSR count). The van der Waals surface area contributed by atoms with Crippen LogP contribution >= 0.6 is 23.2 Å². The van der Waals surface area contributed by atoms with Gasteiger partial charge in [-0.15, -0.1) is 0 Å². The minimum absolute atomic E-state index is 0.0667. The number of aromatic amines is 1. The predicted octanol–water partition coefficient (Wildman–Crippen LogP) is 5.75. The molecule has 1 aromatic carbocycles. The number of hydrogen-bond acceptors (Lipinski definition) is 5. The van der Waals surface area contributed by atoms with Crippen molar-refractivity contribution < 1.29 is 9.47 Å². The Morgan fingerprint density at radius 2 is 2.33 bits per heavy atom. The van der Waals surface area contributed by atoms with Gasteiger partial charge in [0, 0.05) is 40.6 Å². The SMILES string of the molecule is N#CCOc1cc(Cl)c(Cl)c2[nH]c(CN=[N+]=[N-])c(-c3cnn(C4CCCCO4)c3)c12. The smallest absolute Gasteiger partial charge is 0.174 e. The number of ether oxygens (including phenoxy) is 2. The third-order valence-electron chi connectivity index (χ3n) is 4.94. The number of nitriles is 1. The lowest BCUT2D eigenvalue weighted by molar-refractivity contribution is -0.0394. The maximum absolute atomic E-state index is 8.95. The van der Waals surface area contributed by atoms with Gasteiger partial charge in [0.25, 0.3) is 0 Å². The van der Waals surface area contributed by atoms with Crippen LogP contribution in [0.25, 0.3) is 32.5 Å². The number of azide groups is 1. The maximum atomic E-state index is 8.95. The largest absolute Gasteiger partial charge is 0.478 e. The van der Waals surface area contributed by atoms with Crippen LogP contribution in [0.15, 0.2) is 23.6 Å². The van der Waals surface area contributed by atoms with Crippen LogP contribution in [0, 0.1) is 11.3 Å². The Morgan fingerprint density at radius 3 is 3.07 bits per heavy atom. The van der Waals surface area contributed by atoms with Crippen molar-refractivity contribution in [1.29, 1.82) is 5.26 Å². The number of halogens is 2. The number of rotatable bonds is 6. The van der Waals surface area contributed by atoms with Crippen molar-refractivity contribution in [1.82, 2.24) is 14.8 Å². The Hall–Kier alpha value is -2.89. The quantitative estimate of drug-likeness (QED) is 0.294. The van der Waals surface area contributed by atoms with Crippen LogP contribution in [0.5, 0.6) is 5.75 Å². The van der Waals surface area contributed by atoms with Gasteiger partial charge in [0.1, 0.15) is 18.0 Å². The predicted molar refractivity (Wildman–Crippen MR) is 112 cm³/mol. The van der Waals surface area contributed by atoms with E-state index in [2.05, 4.69) is 20.1 Å². The van der Waals surface area contributed by atoms with Gasteiger partial charge in [-0.3, -0.25) is 0 Å². The van der Waals surface area contributed by atoms with Gasteiger partial charge in [-0.05, 0) is 24.8 Å². The number of fused-ring (bicyclic) bond motifs is 1. The van der Waals surface area contributed by atoms with Gasteiger partial charge in [-0.25, -0.2) is 4.68 Å².